The molecule has 0 saturated heterocycles. The van der Waals surface area contributed by atoms with E-state index in [-0.39, 0.29) is 6.04 Å². The maximum absolute atomic E-state index is 5.27. The van der Waals surface area contributed by atoms with Gasteiger partial charge in [0.25, 0.3) is 0 Å². The number of benzene rings is 3. The van der Waals surface area contributed by atoms with Crippen molar-refractivity contribution in [3.05, 3.63) is 156 Å². The number of allylic oxidation sites excluding steroid dienone is 7. The highest BCUT2D eigenvalue weighted by molar-refractivity contribution is 6.05. The summed E-state index contributed by atoms with van der Waals surface area (Å²) in [6.45, 7) is 0. The molecule has 188 valence electrons. The fourth-order valence-electron chi connectivity index (χ4n) is 6.56. The molecule has 0 fully saturated rings. The Morgan fingerprint density at radius 3 is 2.70 bits per heavy atom. The molecule has 40 heavy (non-hydrogen) atoms. The van der Waals surface area contributed by atoms with Gasteiger partial charge < -0.3 is 4.90 Å². The molecule has 0 radical (unpaired) electrons. The van der Waals surface area contributed by atoms with Crippen LogP contribution in [-0.2, 0) is 0 Å². The molecule has 2 aliphatic heterocycles. The van der Waals surface area contributed by atoms with Crippen LogP contribution in [0.15, 0.2) is 155 Å². The van der Waals surface area contributed by atoms with E-state index in [9.17, 15) is 0 Å². The summed E-state index contributed by atoms with van der Waals surface area (Å²) >= 11 is 0. The summed E-state index contributed by atoms with van der Waals surface area (Å²) < 4.78 is 2.31. The molecule has 2 aromatic heterocycles. The average molecular weight is 513 g/mol. The third-order valence-electron chi connectivity index (χ3n) is 8.37. The molecule has 4 aliphatic rings. The first kappa shape index (κ1) is 21.7. The van der Waals surface area contributed by atoms with E-state index in [2.05, 4.69) is 137 Å². The molecule has 0 N–H and O–H groups in total. The Morgan fingerprint density at radius 1 is 0.800 bits per heavy atom. The smallest absolute Gasteiger partial charge is 0.145 e. The quantitative estimate of drug-likeness (QED) is 0.241. The molecule has 3 aromatic carbocycles. The van der Waals surface area contributed by atoms with Crippen LogP contribution in [0.5, 0.6) is 0 Å². The SMILES string of the molecule is C1=CCC2=C3C=C4C=CC=CC4N3C(c3cccc(-c4nc5ccccc5c5cc6ccccc6n45)c3)=NC2=C1. The van der Waals surface area contributed by atoms with E-state index in [1.807, 2.05) is 0 Å². The number of hydrogen-bond donors (Lipinski definition) is 0. The first-order chi connectivity index (χ1) is 19.8. The van der Waals surface area contributed by atoms with Crippen LogP contribution < -0.4 is 0 Å². The molecular weight excluding hydrogens is 488 g/mol. The molecule has 0 saturated carbocycles. The van der Waals surface area contributed by atoms with Crippen LogP contribution in [0.25, 0.3) is 38.7 Å². The number of amidine groups is 1. The Bertz CT molecular complexity index is 2140. The fraction of sp³-hybridized carbons (Fsp3) is 0.0556. The Labute approximate surface area is 231 Å². The first-order valence-corrected chi connectivity index (χ1v) is 13.8. The van der Waals surface area contributed by atoms with Crippen LogP contribution in [0.2, 0.25) is 0 Å². The van der Waals surface area contributed by atoms with Crippen molar-refractivity contribution in [1.29, 1.82) is 0 Å². The minimum atomic E-state index is 0.154. The Kier molecular flexibility index (Phi) is 4.41. The number of fused-ring (bicyclic) bond motifs is 9. The van der Waals surface area contributed by atoms with Gasteiger partial charge in [0.05, 0.1) is 28.3 Å². The lowest BCUT2D eigenvalue weighted by Gasteiger charge is -2.35. The number of nitrogens with zero attached hydrogens (tertiary/aromatic N) is 4. The number of hydrogen-bond acceptors (Lipinski definition) is 3. The molecule has 0 bridgehead atoms. The minimum absolute atomic E-state index is 0.154. The maximum Gasteiger partial charge on any atom is 0.145 e. The van der Waals surface area contributed by atoms with E-state index >= 15 is 0 Å². The van der Waals surface area contributed by atoms with Gasteiger partial charge in [-0.25, -0.2) is 9.98 Å². The van der Waals surface area contributed by atoms with Crippen molar-refractivity contribution in [3.63, 3.8) is 0 Å². The van der Waals surface area contributed by atoms with Gasteiger partial charge in [-0.15, -0.1) is 0 Å². The van der Waals surface area contributed by atoms with Crippen LogP contribution in [0.3, 0.4) is 0 Å². The second-order valence-corrected chi connectivity index (χ2v) is 10.6. The third-order valence-corrected chi connectivity index (χ3v) is 8.37. The van der Waals surface area contributed by atoms with E-state index in [4.69, 9.17) is 9.98 Å². The van der Waals surface area contributed by atoms with Crippen molar-refractivity contribution in [2.45, 2.75) is 12.5 Å². The van der Waals surface area contributed by atoms with Gasteiger partial charge in [-0.3, -0.25) is 4.40 Å². The summed E-state index contributed by atoms with van der Waals surface area (Å²) in [5.41, 5.74) is 10.4. The maximum atomic E-state index is 5.27. The van der Waals surface area contributed by atoms with Gasteiger partial charge >= 0.3 is 0 Å². The largest absolute Gasteiger partial charge is 0.314 e. The van der Waals surface area contributed by atoms with E-state index in [0.29, 0.717) is 0 Å². The molecule has 2 aliphatic carbocycles. The molecule has 4 heteroatoms. The van der Waals surface area contributed by atoms with Gasteiger partial charge in [-0.1, -0.05) is 91.1 Å². The molecule has 5 aromatic rings. The van der Waals surface area contributed by atoms with Gasteiger partial charge in [0.2, 0.25) is 0 Å². The standard InChI is InChI=1S/C36H24N4/c1-7-18-31-23(10-1)21-33-27-14-3-5-16-29(27)37-35(39(31)33)25-12-9-13-26(20-25)36-38-30-17-6-4-15-28(30)34-22-24-11-2-8-19-32(24)40(34)36/h1-14,16-22,32H,15H2. The highest BCUT2D eigenvalue weighted by Gasteiger charge is 2.37. The first-order valence-electron chi connectivity index (χ1n) is 13.8. The average Bonchev–Trinajstić information content (AvgIpc) is 3.60. The topological polar surface area (TPSA) is 32.9 Å². The highest BCUT2D eigenvalue weighted by Crippen LogP contribution is 2.42. The minimum Gasteiger partial charge on any atom is -0.314 e. The number of rotatable bonds is 2. The Balaban J connectivity index is 1.27. The highest BCUT2D eigenvalue weighted by atomic mass is 15.3. The zero-order chi connectivity index (χ0) is 26.2. The monoisotopic (exact) mass is 512 g/mol. The molecule has 9 rings (SSSR count). The molecule has 1 atom stereocenters. The van der Waals surface area contributed by atoms with Gasteiger partial charge in [-0.2, -0.15) is 0 Å². The lowest BCUT2D eigenvalue weighted by molar-refractivity contribution is 0.510. The van der Waals surface area contributed by atoms with Crippen LogP contribution in [0.1, 0.15) is 12.0 Å². The third kappa shape index (κ3) is 3.02. The van der Waals surface area contributed by atoms with Crippen molar-refractivity contribution in [2.75, 3.05) is 0 Å². The molecule has 0 spiro atoms. The fourth-order valence-corrected chi connectivity index (χ4v) is 6.56. The number of aliphatic imine (C=N–C) groups is 1. The normalized spacial score (nSPS) is 19.1. The number of aromatic nitrogens is 2. The summed E-state index contributed by atoms with van der Waals surface area (Å²) in [6.07, 6.45) is 18.5. The molecular formula is C36H24N4. The van der Waals surface area contributed by atoms with Gasteiger partial charge in [0.1, 0.15) is 11.7 Å². The molecule has 4 heterocycles. The lowest BCUT2D eigenvalue weighted by atomic mass is 9.98. The Morgan fingerprint density at radius 2 is 1.70 bits per heavy atom. The van der Waals surface area contributed by atoms with Crippen LogP contribution in [0, 0.1) is 0 Å². The number of para-hydroxylation sites is 2. The van der Waals surface area contributed by atoms with Crippen LogP contribution >= 0.6 is 0 Å². The summed E-state index contributed by atoms with van der Waals surface area (Å²) in [7, 11) is 0. The summed E-state index contributed by atoms with van der Waals surface area (Å²) in [4.78, 5) is 12.9. The second-order valence-electron chi connectivity index (χ2n) is 10.6. The van der Waals surface area contributed by atoms with Crippen LogP contribution in [-0.4, -0.2) is 26.2 Å². The van der Waals surface area contributed by atoms with Crippen molar-refractivity contribution >= 4 is 33.2 Å². The summed E-state index contributed by atoms with van der Waals surface area (Å²) in [5, 5.41) is 2.37. The van der Waals surface area contributed by atoms with Crippen molar-refractivity contribution in [1.82, 2.24) is 14.3 Å². The van der Waals surface area contributed by atoms with E-state index in [0.717, 1.165) is 51.3 Å². The molecule has 0 amide bonds. The van der Waals surface area contributed by atoms with Crippen LogP contribution in [0.4, 0.5) is 0 Å². The van der Waals surface area contributed by atoms with Crippen molar-refractivity contribution in [2.24, 2.45) is 4.99 Å². The molecule has 4 nitrogen and oxygen atoms in total. The Hall–Kier alpha value is -5.22. The summed E-state index contributed by atoms with van der Waals surface area (Å²) in [6, 6.07) is 28.1. The van der Waals surface area contributed by atoms with E-state index in [1.54, 1.807) is 0 Å². The van der Waals surface area contributed by atoms with Crippen molar-refractivity contribution in [3.8, 4) is 11.4 Å². The molecule has 1 unspecified atom stereocenters. The van der Waals surface area contributed by atoms with Gasteiger partial charge in [-0.05, 0) is 48.4 Å². The van der Waals surface area contributed by atoms with E-state index < -0.39 is 0 Å². The summed E-state index contributed by atoms with van der Waals surface area (Å²) in [5.74, 6) is 1.91. The zero-order valence-corrected chi connectivity index (χ0v) is 21.7. The lowest BCUT2D eigenvalue weighted by Crippen LogP contribution is -2.39. The zero-order valence-electron chi connectivity index (χ0n) is 21.7. The van der Waals surface area contributed by atoms with Gasteiger partial charge in [0, 0.05) is 33.2 Å². The van der Waals surface area contributed by atoms with Gasteiger partial charge in [0.15, 0.2) is 0 Å². The second kappa shape index (κ2) is 8.14. The van der Waals surface area contributed by atoms with Crippen molar-refractivity contribution < 1.29 is 0 Å². The predicted octanol–water partition coefficient (Wildman–Crippen LogP) is 7.90. The van der Waals surface area contributed by atoms with E-state index in [1.165, 1.54) is 27.7 Å². The predicted molar refractivity (Wildman–Crippen MR) is 163 cm³/mol.